The number of fused-ring (bicyclic) bond motifs is 1. The fraction of sp³-hybridized carbons (Fsp3) is 0.158. The highest BCUT2D eigenvalue weighted by Gasteiger charge is 2.36. The van der Waals surface area contributed by atoms with Crippen LogP contribution in [0.2, 0.25) is 0 Å². The quantitative estimate of drug-likeness (QED) is 0.784. The molecule has 2 rings (SSSR count). The van der Waals surface area contributed by atoms with Crippen molar-refractivity contribution in [2.45, 2.75) is 6.92 Å². The van der Waals surface area contributed by atoms with Gasteiger partial charge in [0.1, 0.15) is 0 Å². The monoisotopic (exact) mass is 304 g/mol. The van der Waals surface area contributed by atoms with Crippen LogP contribution in [0.5, 0.6) is 0 Å². The summed E-state index contributed by atoms with van der Waals surface area (Å²) < 4.78 is 0. The normalized spacial score (nSPS) is 11.7. The predicted molar refractivity (Wildman–Crippen MR) is 93.9 cm³/mol. The van der Waals surface area contributed by atoms with Gasteiger partial charge in [-0.25, -0.2) is 0 Å². The van der Waals surface area contributed by atoms with E-state index in [9.17, 15) is 10.5 Å². The molecule has 0 heterocycles. The molecule has 22 heavy (non-hydrogen) atoms. The lowest BCUT2D eigenvalue weighted by Crippen LogP contribution is -2.19. The third-order valence-electron chi connectivity index (χ3n) is 3.77. The Bertz CT molecular complexity index is 820. The van der Waals surface area contributed by atoms with Crippen LogP contribution in [0, 0.1) is 28.1 Å². The summed E-state index contributed by atoms with van der Waals surface area (Å²) in [6, 6.07) is 18.2. The number of nitriles is 2. The van der Waals surface area contributed by atoms with Crippen LogP contribution in [0.3, 0.4) is 0 Å². The van der Waals surface area contributed by atoms with Gasteiger partial charge in [0.2, 0.25) is 0 Å². The van der Waals surface area contributed by atoms with Crippen molar-refractivity contribution in [1.29, 1.82) is 10.5 Å². The number of hydrogen-bond donors (Lipinski definition) is 0. The molecule has 0 saturated carbocycles. The molecule has 0 aliphatic rings. The van der Waals surface area contributed by atoms with Crippen molar-refractivity contribution in [3.05, 3.63) is 65.6 Å². The maximum absolute atomic E-state index is 9.64. The molecule has 0 bridgehead atoms. The number of rotatable bonds is 4. The molecule has 0 amide bonds. The van der Waals surface area contributed by atoms with E-state index in [0.29, 0.717) is 11.1 Å². The van der Waals surface area contributed by atoms with Crippen molar-refractivity contribution in [1.82, 2.24) is 0 Å². The van der Waals surface area contributed by atoms with Crippen LogP contribution in [0.1, 0.15) is 12.5 Å². The van der Waals surface area contributed by atoms with E-state index in [1.165, 1.54) is 11.8 Å². The summed E-state index contributed by atoms with van der Waals surface area (Å²) >= 11 is 1.48. The van der Waals surface area contributed by atoms with Crippen molar-refractivity contribution in [3.8, 4) is 12.1 Å². The molecule has 0 unspecified atom stereocenters. The van der Waals surface area contributed by atoms with E-state index in [1.54, 1.807) is 6.92 Å². The summed E-state index contributed by atoms with van der Waals surface area (Å²) in [4.78, 5) is 0. The average Bonchev–Trinajstić information content (AvgIpc) is 2.56. The van der Waals surface area contributed by atoms with Gasteiger partial charge in [-0.05, 0) is 52.1 Å². The van der Waals surface area contributed by atoms with Gasteiger partial charge in [0.25, 0.3) is 0 Å². The molecule has 2 aromatic rings. The van der Waals surface area contributed by atoms with Crippen LogP contribution < -0.4 is 0 Å². The van der Waals surface area contributed by atoms with Gasteiger partial charge >= 0.3 is 0 Å². The number of thioether (sulfide) groups is 1. The molecular weight excluding hydrogens is 288 g/mol. The van der Waals surface area contributed by atoms with Crippen molar-refractivity contribution >= 4 is 28.1 Å². The summed E-state index contributed by atoms with van der Waals surface area (Å²) in [5, 5.41) is 23.3. The summed E-state index contributed by atoms with van der Waals surface area (Å²) in [6.45, 7) is 5.85. The summed E-state index contributed by atoms with van der Waals surface area (Å²) in [5.74, 6) is 0. The highest BCUT2D eigenvalue weighted by Crippen LogP contribution is 2.40. The summed E-state index contributed by atoms with van der Waals surface area (Å²) in [6.07, 6.45) is 1.90. The lowest BCUT2D eigenvalue weighted by molar-refractivity contribution is 0.817. The van der Waals surface area contributed by atoms with E-state index >= 15 is 0 Å². The molecule has 108 valence electrons. The van der Waals surface area contributed by atoms with Crippen LogP contribution in [0.4, 0.5) is 0 Å². The lowest BCUT2D eigenvalue weighted by Gasteiger charge is -2.23. The van der Waals surface area contributed by atoms with E-state index in [4.69, 9.17) is 0 Å². The molecular formula is C19H16N2S. The second-order valence-electron chi connectivity index (χ2n) is 5.05. The van der Waals surface area contributed by atoms with Crippen LogP contribution in [0.25, 0.3) is 16.3 Å². The molecule has 3 heteroatoms. The molecule has 0 aliphatic heterocycles. The Kier molecular flexibility index (Phi) is 4.71. The Morgan fingerprint density at radius 1 is 1.14 bits per heavy atom. The molecule has 0 spiro atoms. The molecule has 2 aromatic carbocycles. The van der Waals surface area contributed by atoms with Gasteiger partial charge in [-0.15, -0.1) is 11.8 Å². The number of nitrogens with zero attached hydrogens (tertiary/aromatic N) is 2. The first-order chi connectivity index (χ1) is 10.6. The SMILES string of the molecule is C=C(c1ccc2ccccc2c1)C(C#N)(C#N)C(C)=CSC. The average molecular weight is 304 g/mol. The van der Waals surface area contributed by atoms with E-state index in [-0.39, 0.29) is 0 Å². The Labute approximate surface area is 135 Å². The van der Waals surface area contributed by atoms with E-state index in [0.717, 1.165) is 16.3 Å². The third kappa shape index (κ3) is 2.64. The minimum Gasteiger partial charge on any atom is -0.196 e. The highest BCUT2D eigenvalue weighted by molar-refractivity contribution is 8.01. The maximum Gasteiger partial charge on any atom is 0.190 e. The largest absolute Gasteiger partial charge is 0.196 e. The van der Waals surface area contributed by atoms with Gasteiger partial charge in [-0.3, -0.25) is 0 Å². The number of hydrogen-bond acceptors (Lipinski definition) is 3. The molecule has 2 nitrogen and oxygen atoms in total. The van der Waals surface area contributed by atoms with Crippen LogP contribution in [-0.2, 0) is 0 Å². The van der Waals surface area contributed by atoms with Crippen LogP contribution >= 0.6 is 11.8 Å². The topological polar surface area (TPSA) is 47.6 Å². The zero-order valence-electron chi connectivity index (χ0n) is 12.6. The number of allylic oxidation sites excluding steroid dienone is 2. The standard InChI is InChI=1S/C19H16N2S/c1-14(11-22-3)19(12-20,13-21)15(2)17-9-8-16-6-4-5-7-18(16)10-17/h4-11H,2H2,1,3H3. The Hall–Kier alpha value is -2.49. The fourth-order valence-corrected chi connectivity index (χ4v) is 2.96. The molecule has 0 aromatic heterocycles. The minimum atomic E-state index is -1.33. The summed E-state index contributed by atoms with van der Waals surface area (Å²) in [5.41, 5.74) is 0.704. The molecule has 0 fully saturated rings. The van der Waals surface area contributed by atoms with Crippen LogP contribution in [0.15, 0.2) is 60.0 Å². The highest BCUT2D eigenvalue weighted by atomic mass is 32.2. The second-order valence-corrected chi connectivity index (χ2v) is 5.76. The van der Waals surface area contributed by atoms with E-state index in [2.05, 4.69) is 18.7 Å². The lowest BCUT2D eigenvalue weighted by atomic mass is 9.75. The first-order valence-electron chi connectivity index (χ1n) is 6.80. The second kappa shape index (κ2) is 6.52. The minimum absolute atomic E-state index is 0.519. The van der Waals surface area contributed by atoms with Crippen molar-refractivity contribution < 1.29 is 0 Å². The molecule has 0 N–H and O–H groups in total. The van der Waals surface area contributed by atoms with Crippen molar-refractivity contribution in [3.63, 3.8) is 0 Å². The number of benzene rings is 2. The van der Waals surface area contributed by atoms with Gasteiger partial charge in [-0.2, -0.15) is 10.5 Å². The van der Waals surface area contributed by atoms with Crippen LogP contribution in [-0.4, -0.2) is 6.26 Å². The smallest absolute Gasteiger partial charge is 0.190 e. The summed E-state index contributed by atoms with van der Waals surface area (Å²) in [7, 11) is 0. The van der Waals surface area contributed by atoms with Gasteiger partial charge in [0, 0.05) is 0 Å². The van der Waals surface area contributed by atoms with Gasteiger partial charge in [0.05, 0.1) is 12.1 Å². The Morgan fingerprint density at radius 3 is 2.36 bits per heavy atom. The van der Waals surface area contributed by atoms with Crippen molar-refractivity contribution in [2.75, 3.05) is 6.26 Å². The van der Waals surface area contributed by atoms with Crippen molar-refractivity contribution in [2.24, 2.45) is 5.41 Å². The molecule has 0 aliphatic carbocycles. The zero-order chi connectivity index (χ0) is 16.2. The molecule has 0 radical (unpaired) electrons. The van der Waals surface area contributed by atoms with Gasteiger partial charge < -0.3 is 0 Å². The van der Waals surface area contributed by atoms with E-state index in [1.807, 2.05) is 54.1 Å². The Morgan fingerprint density at radius 2 is 1.77 bits per heavy atom. The predicted octanol–water partition coefficient (Wildman–Crippen LogP) is 5.15. The first kappa shape index (κ1) is 15.9. The van der Waals surface area contributed by atoms with E-state index < -0.39 is 5.41 Å². The molecule has 0 saturated heterocycles. The molecule has 0 atom stereocenters. The third-order valence-corrected chi connectivity index (χ3v) is 4.36. The maximum atomic E-state index is 9.64. The zero-order valence-corrected chi connectivity index (χ0v) is 13.4. The van der Waals surface area contributed by atoms with Gasteiger partial charge in [-0.1, -0.05) is 43.0 Å². The first-order valence-corrected chi connectivity index (χ1v) is 8.09. The fourth-order valence-electron chi connectivity index (χ4n) is 2.43. The Balaban J connectivity index is 2.58. The van der Waals surface area contributed by atoms with Gasteiger partial charge in [0.15, 0.2) is 5.41 Å².